The summed E-state index contributed by atoms with van der Waals surface area (Å²) in [6, 6.07) is 41.9. The molecule has 0 atom stereocenters. The third-order valence-corrected chi connectivity index (χ3v) is 15.0. The molecule has 0 aliphatic heterocycles. The van der Waals surface area contributed by atoms with Crippen LogP contribution in [0.2, 0.25) is 0 Å². The lowest BCUT2D eigenvalue weighted by atomic mass is 9.69. The first-order valence-corrected chi connectivity index (χ1v) is 19.9. The molecule has 1 saturated carbocycles. The molecule has 0 unspecified atom stereocenters. The minimum Gasteiger partial charge on any atom is -0.496 e. The Morgan fingerprint density at radius 1 is 0.776 bits per heavy atom. The third kappa shape index (κ3) is 7.90. The SMILES string of the molecule is COc1ccccc1C(=O)NCC1(c2ccsc2)CCC(OC(=O)NCCC[P+](c2ccccc2)(c2ccccc2)c2ccccc2)CC1. The number of carbonyl (C=O) groups is 2. The normalized spacial score (nSPS) is 17.5. The predicted molar refractivity (Wildman–Crippen MR) is 203 cm³/mol. The molecule has 6 rings (SSSR count). The topological polar surface area (TPSA) is 76.7 Å². The van der Waals surface area contributed by atoms with Gasteiger partial charge in [0.05, 0.1) is 18.8 Å². The number of nitrogens with one attached hydrogen (secondary N) is 2. The molecular weight excluding hydrogens is 648 g/mol. The number of hydrogen-bond acceptors (Lipinski definition) is 5. The number of benzene rings is 4. The highest BCUT2D eigenvalue weighted by molar-refractivity contribution is 7.95. The van der Waals surface area contributed by atoms with Gasteiger partial charge in [-0.3, -0.25) is 4.79 Å². The van der Waals surface area contributed by atoms with Crippen molar-refractivity contribution in [3.05, 3.63) is 143 Å². The highest BCUT2D eigenvalue weighted by atomic mass is 32.1. The van der Waals surface area contributed by atoms with Gasteiger partial charge in [0.25, 0.3) is 5.91 Å². The van der Waals surface area contributed by atoms with E-state index in [0.29, 0.717) is 24.4 Å². The zero-order valence-electron chi connectivity index (χ0n) is 27.9. The fourth-order valence-corrected chi connectivity index (χ4v) is 12.3. The first-order chi connectivity index (χ1) is 24.0. The van der Waals surface area contributed by atoms with Crippen LogP contribution < -0.4 is 31.3 Å². The molecule has 6 nitrogen and oxygen atoms in total. The van der Waals surface area contributed by atoms with Crippen LogP contribution in [0.15, 0.2) is 132 Å². The lowest BCUT2D eigenvalue weighted by Gasteiger charge is -2.40. The molecule has 2 amide bonds. The van der Waals surface area contributed by atoms with Gasteiger partial charge in [-0.2, -0.15) is 11.3 Å². The van der Waals surface area contributed by atoms with Crippen LogP contribution in [0.4, 0.5) is 4.79 Å². The van der Waals surface area contributed by atoms with E-state index in [1.165, 1.54) is 21.5 Å². The molecule has 2 N–H and O–H groups in total. The molecule has 1 aliphatic rings. The minimum atomic E-state index is -1.95. The number of rotatable bonds is 13. The maximum atomic E-state index is 13.2. The van der Waals surface area contributed by atoms with Gasteiger partial charge in [-0.1, -0.05) is 66.7 Å². The van der Waals surface area contributed by atoms with Gasteiger partial charge in [0, 0.05) is 18.5 Å². The highest BCUT2D eigenvalue weighted by Crippen LogP contribution is 2.55. The number of carbonyl (C=O) groups excluding carboxylic acids is 2. The summed E-state index contributed by atoms with van der Waals surface area (Å²) in [5, 5.41) is 14.5. The molecule has 0 bridgehead atoms. The van der Waals surface area contributed by atoms with Crippen LogP contribution in [0.1, 0.15) is 48.0 Å². The van der Waals surface area contributed by atoms with E-state index in [0.717, 1.165) is 38.3 Å². The Kier molecular flexibility index (Phi) is 11.4. The molecule has 252 valence electrons. The number of thiophene rings is 1. The van der Waals surface area contributed by atoms with Gasteiger partial charge >= 0.3 is 6.09 Å². The first kappa shape index (κ1) is 34.4. The second kappa shape index (κ2) is 16.3. The van der Waals surface area contributed by atoms with Crippen molar-refractivity contribution in [2.75, 3.05) is 26.4 Å². The second-order valence-corrected chi connectivity index (χ2v) is 17.0. The Balaban J connectivity index is 1.06. The molecule has 5 aromatic rings. The smallest absolute Gasteiger partial charge is 0.407 e. The molecule has 0 spiro atoms. The van der Waals surface area contributed by atoms with Crippen molar-refractivity contribution in [1.82, 2.24) is 10.6 Å². The Hall–Kier alpha value is -4.45. The van der Waals surface area contributed by atoms with Gasteiger partial charge in [0.1, 0.15) is 35.0 Å². The van der Waals surface area contributed by atoms with Gasteiger partial charge in [-0.25, -0.2) is 4.79 Å². The van der Waals surface area contributed by atoms with E-state index in [2.05, 4.69) is 118 Å². The van der Waals surface area contributed by atoms with E-state index in [1.807, 2.05) is 12.1 Å². The van der Waals surface area contributed by atoms with E-state index in [1.54, 1.807) is 30.6 Å². The summed E-state index contributed by atoms with van der Waals surface area (Å²) < 4.78 is 11.4. The number of ether oxygens (including phenoxy) is 2. The quantitative estimate of drug-likeness (QED) is 0.0993. The average Bonchev–Trinajstić information content (AvgIpc) is 3.72. The zero-order chi connectivity index (χ0) is 33.9. The maximum Gasteiger partial charge on any atom is 0.407 e. The van der Waals surface area contributed by atoms with Crippen LogP contribution in [-0.4, -0.2) is 44.5 Å². The van der Waals surface area contributed by atoms with E-state index >= 15 is 0 Å². The number of methoxy groups -OCH3 is 1. The third-order valence-electron chi connectivity index (χ3n) is 9.77. The van der Waals surface area contributed by atoms with E-state index in [9.17, 15) is 9.59 Å². The average molecular weight is 692 g/mol. The molecule has 49 heavy (non-hydrogen) atoms. The molecule has 4 aromatic carbocycles. The van der Waals surface area contributed by atoms with Crippen molar-refractivity contribution in [1.29, 1.82) is 0 Å². The van der Waals surface area contributed by atoms with Crippen molar-refractivity contribution in [2.24, 2.45) is 0 Å². The molecule has 0 radical (unpaired) electrons. The maximum absolute atomic E-state index is 13.2. The lowest BCUT2D eigenvalue weighted by molar-refractivity contribution is 0.0566. The zero-order valence-corrected chi connectivity index (χ0v) is 29.6. The molecule has 1 heterocycles. The van der Waals surface area contributed by atoms with Crippen molar-refractivity contribution >= 4 is 46.5 Å². The summed E-state index contributed by atoms with van der Waals surface area (Å²) >= 11 is 1.66. The van der Waals surface area contributed by atoms with E-state index < -0.39 is 7.26 Å². The number of amides is 2. The van der Waals surface area contributed by atoms with Crippen LogP contribution in [0.5, 0.6) is 5.75 Å². The highest BCUT2D eigenvalue weighted by Gasteiger charge is 2.44. The van der Waals surface area contributed by atoms with Crippen molar-refractivity contribution < 1.29 is 19.1 Å². The van der Waals surface area contributed by atoms with Crippen molar-refractivity contribution in [2.45, 2.75) is 43.6 Å². The summed E-state index contributed by atoms with van der Waals surface area (Å²) in [5.41, 5.74) is 1.53. The van der Waals surface area contributed by atoms with Crippen LogP contribution in [-0.2, 0) is 10.2 Å². The monoisotopic (exact) mass is 691 g/mol. The summed E-state index contributed by atoms with van der Waals surface area (Å²) in [7, 11) is -0.379. The molecule has 0 saturated heterocycles. The summed E-state index contributed by atoms with van der Waals surface area (Å²) in [5.74, 6) is 0.406. The first-order valence-electron chi connectivity index (χ1n) is 17.0. The molecular formula is C41H44N2O4PS+. The van der Waals surface area contributed by atoms with Crippen LogP contribution >= 0.6 is 18.6 Å². The van der Waals surface area contributed by atoms with Crippen LogP contribution in [0, 0.1) is 0 Å². The second-order valence-electron chi connectivity index (χ2n) is 12.6. The van der Waals surface area contributed by atoms with Crippen molar-refractivity contribution in [3.63, 3.8) is 0 Å². The van der Waals surface area contributed by atoms with Gasteiger partial charge in [0.15, 0.2) is 0 Å². The van der Waals surface area contributed by atoms with E-state index in [4.69, 9.17) is 9.47 Å². The lowest BCUT2D eigenvalue weighted by Crippen LogP contribution is -2.45. The van der Waals surface area contributed by atoms with Gasteiger partial charge in [-0.15, -0.1) is 0 Å². The molecule has 1 fully saturated rings. The largest absolute Gasteiger partial charge is 0.496 e. The fraction of sp³-hybridized carbons (Fsp3) is 0.268. The number of alkyl carbamates (subject to hydrolysis) is 1. The Labute approximate surface area is 294 Å². The van der Waals surface area contributed by atoms with Crippen LogP contribution in [0.3, 0.4) is 0 Å². The minimum absolute atomic E-state index is 0.150. The molecule has 1 aromatic heterocycles. The van der Waals surface area contributed by atoms with Gasteiger partial charge < -0.3 is 20.1 Å². The Morgan fingerprint density at radius 3 is 1.90 bits per heavy atom. The molecule has 8 heteroatoms. The number of para-hydroxylation sites is 1. The van der Waals surface area contributed by atoms with Crippen LogP contribution in [0.25, 0.3) is 0 Å². The summed E-state index contributed by atoms with van der Waals surface area (Å²) in [6.45, 7) is 1.04. The Bertz CT molecular complexity index is 1680. The number of hydrogen-bond donors (Lipinski definition) is 2. The van der Waals surface area contributed by atoms with Gasteiger partial charge in [0.2, 0.25) is 0 Å². The summed E-state index contributed by atoms with van der Waals surface area (Å²) in [4.78, 5) is 26.2. The molecule has 1 aliphatic carbocycles. The standard InChI is InChI=1S/C41H43N2O4PS/c1-46-38-21-12-11-20-37(38)39(44)43-31-41(32-24-29-49-30-32)25-22-33(23-26-41)47-40(45)42-27-13-28-48(34-14-5-2-6-15-34,35-16-7-3-8-17-35)36-18-9-4-10-19-36/h2-12,14-21,24,29-30,33H,13,22-23,25-28,31H2,1H3,(H-,42,43,44,45)/p+1. The predicted octanol–water partition coefficient (Wildman–Crippen LogP) is 7.48. The fourth-order valence-electron chi connectivity index (χ4n) is 7.15. The van der Waals surface area contributed by atoms with E-state index in [-0.39, 0.29) is 23.5 Å². The van der Waals surface area contributed by atoms with Gasteiger partial charge in [-0.05, 0) is 103 Å². The summed E-state index contributed by atoms with van der Waals surface area (Å²) in [6.07, 6.45) is 4.31. The van der Waals surface area contributed by atoms with Crippen molar-refractivity contribution in [3.8, 4) is 5.75 Å². The Morgan fingerprint density at radius 2 is 1.35 bits per heavy atom.